The molecule has 0 spiro atoms. The van der Waals surface area contributed by atoms with E-state index >= 15 is 0 Å². The van der Waals surface area contributed by atoms with Crippen molar-refractivity contribution in [1.29, 1.82) is 0 Å². The molecule has 0 bridgehead atoms. The average molecular weight is 355 g/mol. The second-order valence-corrected chi connectivity index (χ2v) is 6.84. The first-order valence-corrected chi connectivity index (χ1v) is 8.95. The van der Waals surface area contributed by atoms with Crippen molar-refractivity contribution >= 4 is 23.7 Å². The van der Waals surface area contributed by atoms with E-state index < -0.39 is 0 Å². The number of anilines is 1. The minimum Gasteiger partial charge on any atom is -0.338 e. The Hall–Kier alpha value is -2.77. The van der Waals surface area contributed by atoms with Crippen molar-refractivity contribution in [3.05, 3.63) is 30.6 Å². The van der Waals surface area contributed by atoms with Crippen LogP contribution >= 0.6 is 0 Å². The number of nitrogens with zero attached hydrogens (tertiary/aromatic N) is 5. The Morgan fingerprint density at radius 3 is 2.12 bits per heavy atom. The predicted octanol–water partition coefficient (Wildman–Crippen LogP) is 0.0764. The van der Waals surface area contributed by atoms with Crippen molar-refractivity contribution in [3.8, 4) is 0 Å². The molecule has 1 aliphatic carbocycles. The van der Waals surface area contributed by atoms with Crippen LogP contribution in [0.1, 0.15) is 12.8 Å². The van der Waals surface area contributed by atoms with E-state index in [2.05, 4.69) is 9.97 Å². The van der Waals surface area contributed by atoms with Crippen LogP contribution in [0.25, 0.3) is 0 Å². The van der Waals surface area contributed by atoms with Gasteiger partial charge in [0.2, 0.25) is 23.7 Å². The quantitative estimate of drug-likeness (QED) is 0.564. The van der Waals surface area contributed by atoms with E-state index in [0.29, 0.717) is 45.0 Å². The zero-order chi connectivity index (χ0) is 18.1. The minimum absolute atomic E-state index is 0.146. The molecule has 2 atom stereocenters. The third-order valence-corrected chi connectivity index (χ3v) is 5.36. The fraction of sp³-hybridized carbons (Fsp3) is 0.500. The van der Waals surface area contributed by atoms with Crippen molar-refractivity contribution in [2.75, 3.05) is 37.6 Å². The molecule has 0 aromatic carbocycles. The summed E-state index contributed by atoms with van der Waals surface area (Å²) in [5.74, 6) is -0.490. The fourth-order valence-corrected chi connectivity index (χ4v) is 3.87. The summed E-state index contributed by atoms with van der Waals surface area (Å²) in [6.45, 7) is 2.18. The number of allylic oxidation sites excluding steroid dienone is 2. The standard InChI is InChI=1S/C18H21N5O3/c24-15(12-23-16(25)13-4-1-2-5-14(13)17(23)26)21-8-10-22(11-9-21)18-19-6-3-7-20-18/h1-3,6-7,13-14H,4-5,8-12H2/t13-,14-/m0/s1. The van der Waals surface area contributed by atoms with Crippen LogP contribution in [0.2, 0.25) is 0 Å². The number of carbonyl (C=O) groups excluding carboxylic acids is 3. The summed E-state index contributed by atoms with van der Waals surface area (Å²) in [5.41, 5.74) is 0. The third-order valence-electron chi connectivity index (χ3n) is 5.36. The van der Waals surface area contributed by atoms with Crippen molar-refractivity contribution in [2.24, 2.45) is 11.8 Å². The van der Waals surface area contributed by atoms with Crippen LogP contribution in [-0.2, 0) is 14.4 Å². The Balaban J connectivity index is 1.35. The third kappa shape index (κ3) is 2.95. The van der Waals surface area contributed by atoms with E-state index in [1.54, 1.807) is 23.4 Å². The summed E-state index contributed by atoms with van der Waals surface area (Å²) in [6.07, 6.45) is 8.47. The number of fused-ring (bicyclic) bond motifs is 1. The van der Waals surface area contributed by atoms with E-state index in [-0.39, 0.29) is 36.1 Å². The highest BCUT2D eigenvalue weighted by Gasteiger charge is 2.48. The number of hydrogen-bond acceptors (Lipinski definition) is 6. The Bertz CT molecular complexity index is 716. The summed E-state index contributed by atoms with van der Waals surface area (Å²) < 4.78 is 0. The molecule has 8 nitrogen and oxygen atoms in total. The summed E-state index contributed by atoms with van der Waals surface area (Å²) in [5, 5.41) is 0. The van der Waals surface area contributed by atoms with Gasteiger partial charge >= 0.3 is 0 Å². The van der Waals surface area contributed by atoms with E-state index in [1.165, 1.54) is 0 Å². The molecule has 2 aliphatic heterocycles. The zero-order valence-electron chi connectivity index (χ0n) is 14.5. The summed E-state index contributed by atoms with van der Waals surface area (Å²) in [6, 6.07) is 1.76. The van der Waals surface area contributed by atoms with Gasteiger partial charge in [-0.15, -0.1) is 0 Å². The maximum atomic E-state index is 12.6. The number of carbonyl (C=O) groups is 3. The normalized spacial score (nSPS) is 25.6. The molecule has 8 heteroatoms. The lowest BCUT2D eigenvalue weighted by Gasteiger charge is -2.35. The van der Waals surface area contributed by atoms with Crippen LogP contribution in [0.5, 0.6) is 0 Å². The molecule has 4 rings (SSSR count). The molecule has 2 saturated heterocycles. The average Bonchev–Trinajstić information content (AvgIpc) is 2.94. The van der Waals surface area contributed by atoms with Crippen molar-refractivity contribution < 1.29 is 14.4 Å². The van der Waals surface area contributed by atoms with Crippen LogP contribution in [0.4, 0.5) is 5.95 Å². The van der Waals surface area contributed by atoms with Crippen LogP contribution in [0, 0.1) is 11.8 Å². The molecule has 0 saturated carbocycles. The van der Waals surface area contributed by atoms with Gasteiger partial charge in [-0.3, -0.25) is 19.3 Å². The van der Waals surface area contributed by atoms with Crippen molar-refractivity contribution in [1.82, 2.24) is 19.8 Å². The Morgan fingerprint density at radius 2 is 1.54 bits per heavy atom. The molecule has 0 radical (unpaired) electrons. The van der Waals surface area contributed by atoms with Crippen LogP contribution in [-0.4, -0.2) is 70.2 Å². The monoisotopic (exact) mass is 355 g/mol. The zero-order valence-corrected chi connectivity index (χ0v) is 14.5. The number of amides is 3. The summed E-state index contributed by atoms with van der Waals surface area (Å²) >= 11 is 0. The van der Waals surface area contributed by atoms with E-state index in [1.807, 2.05) is 17.1 Å². The molecule has 0 N–H and O–H groups in total. The van der Waals surface area contributed by atoms with Crippen molar-refractivity contribution in [2.45, 2.75) is 12.8 Å². The van der Waals surface area contributed by atoms with Gasteiger partial charge in [-0.1, -0.05) is 12.2 Å². The smallest absolute Gasteiger partial charge is 0.242 e. The molecular formula is C18H21N5O3. The number of imide groups is 1. The molecule has 26 heavy (non-hydrogen) atoms. The molecule has 0 unspecified atom stereocenters. The van der Waals surface area contributed by atoms with Crippen LogP contribution < -0.4 is 4.90 Å². The lowest BCUT2D eigenvalue weighted by atomic mass is 9.85. The second-order valence-electron chi connectivity index (χ2n) is 6.84. The number of hydrogen-bond donors (Lipinski definition) is 0. The van der Waals surface area contributed by atoms with Gasteiger partial charge in [0.25, 0.3) is 0 Å². The SMILES string of the molecule is O=C(CN1C(=O)[C@H]2CC=CC[C@@H]2C1=O)N1CCN(c2ncccn2)CC1. The van der Waals surface area contributed by atoms with E-state index in [9.17, 15) is 14.4 Å². The maximum Gasteiger partial charge on any atom is 0.242 e. The molecule has 1 aromatic heterocycles. The van der Waals surface area contributed by atoms with Crippen LogP contribution in [0.3, 0.4) is 0 Å². The van der Waals surface area contributed by atoms with Gasteiger partial charge in [0, 0.05) is 38.6 Å². The molecule has 3 amide bonds. The molecule has 2 fully saturated rings. The molecule has 136 valence electrons. The molecular weight excluding hydrogens is 334 g/mol. The second kappa shape index (κ2) is 6.86. The first-order chi connectivity index (χ1) is 12.6. The van der Waals surface area contributed by atoms with Gasteiger partial charge in [0.05, 0.1) is 11.8 Å². The number of rotatable bonds is 3. The van der Waals surface area contributed by atoms with Gasteiger partial charge in [-0.05, 0) is 18.9 Å². The van der Waals surface area contributed by atoms with Gasteiger partial charge in [-0.25, -0.2) is 9.97 Å². The highest BCUT2D eigenvalue weighted by Crippen LogP contribution is 2.34. The highest BCUT2D eigenvalue weighted by atomic mass is 16.2. The van der Waals surface area contributed by atoms with Crippen LogP contribution in [0.15, 0.2) is 30.6 Å². The Kier molecular flexibility index (Phi) is 4.40. The first kappa shape index (κ1) is 16.7. The lowest BCUT2D eigenvalue weighted by Crippen LogP contribution is -2.52. The summed E-state index contributed by atoms with van der Waals surface area (Å²) in [7, 11) is 0. The minimum atomic E-state index is -0.285. The number of aromatic nitrogens is 2. The molecule has 3 heterocycles. The van der Waals surface area contributed by atoms with Gasteiger partial charge in [0.1, 0.15) is 6.54 Å². The molecule has 3 aliphatic rings. The van der Waals surface area contributed by atoms with Crippen molar-refractivity contribution in [3.63, 3.8) is 0 Å². The van der Waals surface area contributed by atoms with Gasteiger partial charge in [0.15, 0.2) is 0 Å². The largest absolute Gasteiger partial charge is 0.338 e. The van der Waals surface area contributed by atoms with E-state index in [0.717, 1.165) is 4.90 Å². The lowest BCUT2D eigenvalue weighted by molar-refractivity contribution is -0.146. The first-order valence-electron chi connectivity index (χ1n) is 8.95. The summed E-state index contributed by atoms with van der Waals surface area (Å²) in [4.78, 5) is 50.9. The number of likely N-dealkylation sites (tertiary alicyclic amines) is 1. The predicted molar refractivity (Wildman–Crippen MR) is 92.9 cm³/mol. The van der Waals surface area contributed by atoms with Gasteiger partial charge in [-0.2, -0.15) is 0 Å². The molecule has 1 aromatic rings. The van der Waals surface area contributed by atoms with Gasteiger partial charge < -0.3 is 9.80 Å². The fourth-order valence-electron chi connectivity index (χ4n) is 3.87. The Morgan fingerprint density at radius 1 is 0.962 bits per heavy atom. The Labute approximate surface area is 151 Å². The van der Waals surface area contributed by atoms with E-state index in [4.69, 9.17) is 0 Å². The highest BCUT2D eigenvalue weighted by molar-refractivity contribution is 6.07. The number of piperazine rings is 1. The topological polar surface area (TPSA) is 86.7 Å². The maximum absolute atomic E-state index is 12.6.